The fourth-order valence-corrected chi connectivity index (χ4v) is 2.07. The fraction of sp³-hybridized carbons (Fsp3) is 0.600. The summed E-state index contributed by atoms with van der Waals surface area (Å²) in [6.45, 7) is 4.13. The van der Waals surface area contributed by atoms with Gasteiger partial charge in [-0.15, -0.1) is 0 Å². The Morgan fingerprint density at radius 2 is 2.16 bits per heavy atom. The van der Waals surface area contributed by atoms with Gasteiger partial charge in [-0.2, -0.15) is 0 Å². The second-order valence-corrected chi connectivity index (χ2v) is 4.72. The lowest BCUT2D eigenvalue weighted by Gasteiger charge is -2.20. The maximum Gasteiger partial charge on any atom is 0.243 e. The smallest absolute Gasteiger partial charge is 0.243 e. The van der Waals surface area contributed by atoms with E-state index in [1.165, 1.54) is 6.08 Å². The van der Waals surface area contributed by atoms with Crippen molar-refractivity contribution in [1.29, 1.82) is 0 Å². The minimum absolute atomic E-state index is 0.0831. The Morgan fingerprint density at radius 3 is 2.95 bits per heavy atom. The molecule has 1 fully saturated rings. The van der Waals surface area contributed by atoms with E-state index in [2.05, 4.69) is 5.32 Å². The van der Waals surface area contributed by atoms with Crippen molar-refractivity contribution in [3.63, 3.8) is 0 Å². The van der Waals surface area contributed by atoms with Crippen molar-refractivity contribution in [3.05, 3.63) is 24.3 Å². The molecule has 19 heavy (non-hydrogen) atoms. The normalized spacial score (nSPS) is 17.1. The van der Waals surface area contributed by atoms with Crippen molar-refractivity contribution >= 4 is 11.8 Å². The predicted octanol–water partition coefficient (Wildman–Crippen LogP) is 2.03. The van der Waals surface area contributed by atoms with Crippen molar-refractivity contribution in [2.75, 3.05) is 19.6 Å². The Balaban J connectivity index is 2.15. The van der Waals surface area contributed by atoms with Gasteiger partial charge in [0.1, 0.15) is 0 Å². The zero-order valence-electron chi connectivity index (χ0n) is 11.7. The standard InChI is InChI=1S/C15H24N2O2/c1-2-3-5-9-14(18)16-11-8-13-17-12-7-4-6-10-15(17)19/h2-3,5,9H,4,6-8,10-13H2,1H3,(H,16,18)/b3-2+,9-5+. The molecule has 0 atom stereocenters. The SMILES string of the molecule is C/C=C/C=C/C(=O)NCCCN1CCCCCC1=O. The highest BCUT2D eigenvalue weighted by atomic mass is 16.2. The Kier molecular flexibility index (Phi) is 7.63. The van der Waals surface area contributed by atoms with Gasteiger partial charge in [-0.3, -0.25) is 9.59 Å². The molecule has 4 heteroatoms. The highest BCUT2D eigenvalue weighted by Crippen LogP contribution is 2.10. The fourth-order valence-electron chi connectivity index (χ4n) is 2.07. The first kappa shape index (κ1) is 15.5. The first-order valence-corrected chi connectivity index (χ1v) is 7.09. The summed E-state index contributed by atoms with van der Waals surface area (Å²) in [6, 6.07) is 0. The second-order valence-electron chi connectivity index (χ2n) is 4.72. The van der Waals surface area contributed by atoms with Crippen LogP contribution in [-0.2, 0) is 9.59 Å². The number of likely N-dealkylation sites (tertiary alicyclic amines) is 1. The van der Waals surface area contributed by atoms with Crippen LogP contribution in [0.2, 0.25) is 0 Å². The number of nitrogens with zero attached hydrogens (tertiary/aromatic N) is 1. The van der Waals surface area contributed by atoms with Crippen LogP contribution in [0.1, 0.15) is 39.0 Å². The van der Waals surface area contributed by atoms with Crippen LogP contribution in [0.3, 0.4) is 0 Å². The maximum atomic E-state index is 11.7. The second kappa shape index (κ2) is 9.36. The van der Waals surface area contributed by atoms with E-state index in [1.807, 2.05) is 24.0 Å². The average Bonchev–Trinajstić information content (AvgIpc) is 2.60. The van der Waals surface area contributed by atoms with Crippen molar-refractivity contribution in [1.82, 2.24) is 10.2 Å². The highest BCUT2D eigenvalue weighted by Gasteiger charge is 2.15. The Bertz CT molecular complexity index is 348. The van der Waals surface area contributed by atoms with Crippen LogP contribution >= 0.6 is 0 Å². The minimum Gasteiger partial charge on any atom is -0.352 e. The van der Waals surface area contributed by atoms with E-state index in [0.717, 1.165) is 38.8 Å². The van der Waals surface area contributed by atoms with Gasteiger partial charge in [0, 0.05) is 32.1 Å². The third-order valence-electron chi connectivity index (χ3n) is 3.13. The maximum absolute atomic E-state index is 11.7. The molecule has 1 aliphatic rings. The number of allylic oxidation sites excluding steroid dienone is 3. The molecule has 1 aliphatic heterocycles. The van der Waals surface area contributed by atoms with Gasteiger partial charge >= 0.3 is 0 Å². The summed E-state index contributed by atoms with van der Waals surface area (Å²) in [5, 5.41) is 2.81. The largest absolute Gasteiger partial charge is 0.352 e. The summed E-state index contributed by atoms with van der Waals surface area (Å²) in [5.74, 6) is 0.178. The third kappa shape index (κ3) is 6.79. The highest BCUT2D eigenvalue weighted by molar-refractivity contribution is 5.87. The van der Waals surface area contributed by atoms with E-state index < -0.39 is 0 Å². The number of carbonyl (C=O) groups is 2. The van der Waals surface area contributed by atoms with Crippen LogP contribution in [0.25, 0.3) is 0 Å². The number of hydrogen-bond donors (Lipinski definition) is 1. The molecule has 0 radical (unpaired) electrons. The number of amides is 2. The molecule has 0 aromatic carbocycles. The Hall–Kier alpha value is -1.58. The number of carbonyl (C=O) groups excluding carboxylic acids is 2. The van der Waals surface area contributed by atoms with Crippen LogP contribution in [0, 0.1) is 0 Å². The zero-order valence-corrected chi connectivity index (χ0v) is 11.7. The third-order valence-corrected chi connectivity index (χ3v) is 3.13. The molecule has 1 saturated heterocycles. The topological polar surface area (TPSA) is 49.4 Å². The molecule has 0 aromatic rings. The number of hydrogen-bond acceptors (Lipinski definition) is 2. The predicted molar refractivity (Wildman–Crippen MR) is 76.6 cm³/mol. The molecule has 0 aliphatic carbocycles. The van der Waals surface area contributed by atoms with Gasteiger partial charge in [0.05, 0.1) is 0 Å². The molecule has 0 spiro atoms. The molecule has 1 N–H and O–H groups in total. The van der Waals surface area contributed by atoms with E-state index in [9.17, 15) is 9.59 Å². The minimum atomic E-state index is -0.0831. The van der Waals surface area contributed by atoms with E-state index in [4.69, 9.17) is 0 Å². The van der Waals surface area contributed by atoms with Gasteiger partial charge in [-0.25, -0.2) is 0 Å². The van der Waals surface area contributed by atoms with Gasteiger partial charge in [-0.1, -0.05) is 24.6 Å². The van der Waals surface area contributed by atoms with Crippen LogP contribution < -0.4 is 5.32 Å². The molecule has 1 rings (SSSR count). The lowest BCUT2D eigenvalue weighted by molar-refractivity contribution is -0.130. The van der Waals surface area contributed by atoms with Gasteiger partial charge in [0.2, 0.25) is 11.8 Å². The lowest BCUT2D eigenvalue weighted by atomic mass is 10.2. The molecule has 2 amide bonds. The molecular formula is C15H24N2O2. The van der Waals surface area contributed by atoms with Gasteiger partial charge < -0.3 is 10.2 Å². The summed E-state index contributed by atoms with van der Waals surface area (Å²) in [4.78, 5) is 25.0. The molecule has 0 saturated carbocycles. The van der Waals surface area contributed by atoms with E-state index in [0.29, 0.717) is 13.0 Å². The lowest BCUT2D eigenvalue weighted by Crippen LogP contribution is -2.33. The van der Waals surface area contributed by atoms with E-state index in [-0.39, 0.29) is 11.8 Å². The van der Waals surface area contributed by atoms with Crippen molar-refractivity contribution in [2.45, 2.75) is 39.0 Å². The van der Waals surface area contributed by atoms with Crippen molar-refractivity contribution in [3.8, 4) is 0 Å². The quantitative estimate of drug-likeness (QED) is 0.453. The monoisotopic (exact) mass is 264 g/mol. The van der Waals surface area contributed by atoms with Crippen molar-refractivity contribution < 1.29 is 9.59 Å². The first-order chi connectivity index (χ1) is 9.24. The summed E-state index contributed by atoms with van der Waals surface area (Å²) in [7, 11) is 0. The Labute approximate surface area is 115 Å². The van der Waals surface area contributed by atoms with Crippen molar-refractivity contribution in [2.24, 2.45) is 0 Å². The molecule has 0 unspecified atom stereocenters. The number of rotatable bonds is 6. The van der Waals surface area contributed by atoms with E-state index in [1.54, 1.807) is 6.08 Å². The summed E-state index contributed by atoms with van der Waals surface area (Å²) in [5.41, 5.74) is 0. The summed E-state index contributed by atoms with van der Waals surface area (Å²) in [6.07, 6.45) is 11.7. The molecular weight excluding hydrogens is 240 g/mol. The zero-order chi connectivity index (χ0) is 13.9. The first-order valence-electron chi connectivity index (χ1n) is 7.09. The van der Waals surface area contributed by atoms with Crippen LogP contribution in [0.15, 0.2) is 24.3 Å². The molecule has 4 nitrogen and oxygen atoms in total. The molecule has 0 aromatic heterocycles. The molecule has 106 valence electrons. The Morgan fingerprint density at radius 1 is 1.32 bits per heavy atom. The van der Waals surface area contributed by atoms with Gasteiger partial charge in [0.15, 0.2) is 0 Å². The summed E-state index contributed by atoms with van der Waals surface area (Å²) >= 11 is 0. The van der Waals surface area contributed by atoms with Crippen LogP contribution in [0.4, 0.5) is 0 Å². The number of nitrogens with one attached hydrogen (secondary N) is 1. The van der Waals surface area contributed by atoms with Gasteiger partial charge in [0.25, 0.3) is 0 Å². The van der Waals surface area contributed by atoms with E-state index >= 15 is 0 Å². The summed E-state index contributed by atoms with van der Waals surface area (Å²) < 4.78 is 0. The van der Waals surface area contributed by atoms with Crippen LogP contribution in [0.5, 0.6) is 0 Å². The molecule has 0 bridgehead atoms. The van der Waals surface area contributed by atoms with Crippen LogP contribution in [-0.4, -0.2) is 36.3 Å². The average molecular weight is 264 g/mol. The molecule has 1 heterocycles. The van der Waals surface area contributed by atoms with Gasteiger partial charge in [-0.05, 0) is 26.2 Å².